The van der Waals surface area contributed by atoms with Gasteiger partial charge in [0.2, 0.25) is 5.88 Å². The number of halogens is 1. The van der Waals surface area contributed by atoms with Gasteiger partial charge in [-0.1, -0.05) is 12.1 Å². The number of rotatable bonds is 1. The highest BCUT2D eigenvalue weighted by molar-refractivity contribution is 5.49. The fraction of sp³-hybridized carbons (Fsp3) is 0.312. The quantitative estimate of drug-likeness (QED) is 0.850. The molecule has 0 aromatic heterocycles. The second-order valence-corrected chi connectivity index (χ2v) is 5.14. The van der Waals surface area contributed by atoms with Gasteiger partial charge in [0.1, 0.15) is 23.2 Å². The Bertz CT molecular complexity index is 655. The van der Waals surface area contributed by atoms with Crippen molar-refractivity contribution in [3.8, 4) is 6.07 Å². The van der Waals surface area contributed by atoms with Crippen molar-refractivity contribution in [2.75, 3.05) is 0 Å². The summed E-state index contributed by atoms with van der Waals surface area (Å²) in [5.41, 5.74) is 8.10. The van der Waals surface area contributed by atoms with Crippen LogP contribution in [0.15, 0.2) is 47.1 Å². The van der Waals surface area contributed by atoms with Gasteiger partial charge >= 0.3 is 0 Å². The summed E-state index contributed by atoms with van der Waals surface area (Å²) in [5, 5.41) is 9.37. The molecule has 1 aromatic carbocycles. The van der Waals surface area contributed by atoms with Crippen LogP contribution in [0.25, 0.3) is 0 Å². The molecule has 0 saturated carbocycles. The maximum Gasteiger partial charge on any atom is 0.205 e. The molecule has 0 fully saturated rings. The van der Waals surface area contributed by atoms with Crippen molar-refractivity contribution >= 4 is 0 Å². The largest absolute Gasteiger partial charge is 0.445 e. The van der Waals surface area contributed by atoms with Crippen molar-refractivity contribution in [2.24, 2.45) is 5.73 Å². The van der Waals surface area contributed by atoms with E-state index < -0.39 is 0 Å². The van der Waals surface area contributed by atoms with Crippen LogP contribution in [-0.2, 0) is 4.74 Å². The van der Waals surface area contributed by atoms with Gasteiger partial charge in [-0.05, 0) is 42.5 Å². The molecule has 1 heterocycles. The Labute approximate surface area is 117 Å². The van der Waals surface area contributed by atoms with Gasteiger partial charge in [0.15, 0.2) is 0 Å². The summed E-state index contributed by atoms with van der Waals surface area (Å²) in [6, 6.07) is 8.50. The zero-order valence-electron chi connectivity index (χ0n) is 11.0. The van der Waals surface area contributed by atoms with Gasteiger partial charge in [0.05, 0.1) is 0 Å². The molecule has 102 valence electrons. The first kappa shape index (κ1) is 12.7. The lowest BCUT2D eigenvalue weighted by Gasteiger charge is -2.31. The molecular formula is C16H15FN2O. The zero-order valence-corrected chi connectivity index (χ0v) is 11.0. The van der Waals surface area contributed by atoms with Crippen LogP contribution >= 0.6 is 0 Å². The predicted octanol–water partition coefficient (Wildman–Crippen LogP) is 3.46. The summed E-state index contributed by atoms with van der Waals surface area (Å²) >= 11 is 0. The molecule has 0 unspecified atom stereocenters. The minimum Gasteiger partial charge on any atom is -0.445 e. The summed E-state index contributed by atoms with van der Waals surface area (Å²) in [7, 11) is 0. The minimum atomic E-state index is -0.303. The van der Waals surface area contributed by atoms with Gasteiger partial charge in [0, 0.05) is 12.3 Å². The Morgan fingerprint density at radius 2 is 2.10 bits per heavy atom. The van der Waals surface area contributed by atoms with E-state index in [-0.39, 0.29) is 17.6 Å². The van der Waals surface area contributed by atoms with Crippen molar-refractivity contribution in [1.29, 1.82) is 5.26 Å². The van der Waals surface area contributed by atoms with Gasteiger partial charge in [-0.3, -0.25) is 0 Å². The highest BCUT2D eigenvalue weighted by Crippen LogP contribution is 2.44. The summed E-state index contributed by atoms with van der Waals surface area (Å²) < 4.78 is 19.1. The van der Waals surface area contributed by atoms with Gasteiger partial charge in [-0.15, -0.1) is 0 Å². The molecule has 0 bridgehead atoms. The van der Waals surface area contributed by atoms with E-state index in [0.29, 0.717) is 5.57 Å². The van der Waals surface area contributed by atoms with Crippen molar-refractivity contribution in [1.82, 2.24) is 0 Å². The SMILES string of the molecule is N#CC1=C(N)OC2=C(CCCC2)[C@@H]1c1cccc(F)c1. The molecule has 20 heavy (non-hydrogen) atoms. The Morgan fingerprint density at radius 1 is 1.30 bits per heavy atom. The molecule has 0 spiro atoms. The first-order chi connectivity index (χ1) is 9.70. The Balaban J connectivity index is 2.14. The fourth-order valence-corrected chi connectivity index (χ4v) is 3.00. The molecule has 1 aromatic rings. The van der Waals surface area contributed by atoms with Crippen molar-refractivity contribution in [3.63, 3.8) is 0 Å². The van der Waals surface area contributed by atoms with E-state index in [1.54, 1.807) is 6.07 Å². The number of hydrogen-bond donors (Lipinski definition) is 1. The van der Waals surface area contributed by atoms with Gasteiger partial charge in [0.25, 0.3) is 0 Å². The molecule has 3 nitrogen and oxygen atoms in total. The molecule has 0 amide bonds. The molecule has 2 N–H and O–H groups in total. The summed E-state index contributed by atoms with van der Waals surface area (Å²) in [6.45, 7) is 0. The molecule has 3 rings (SSSR count). The van der Waals surface area contributed by atoms with Crippen LogP contribution in [0.3, 0.4) is 0 Å². The third kappa shape index (κ3) is 2.05. The molecule has 0 saturated heterocycles. The predicted molar refractivity (Wildman–Crippen MR) is 72.5 cm³/mol. The third-order valence-corrected chi connectivity index (χ3v) is 3.90. The number of ether oxygens (including phenoxy) is 1. The number of allylic oxidation sites excluding steroid dienone is 3. The topological polar surface area (TPSA) is 59.0 Å². The first-order valence-electron chi connectivity index (χ1n) is 6.75. The number of nitrogens with zero attached hydrogens (tertiary/aromatic N) is 1. The third-order valence-electron chi connectivity index (χ3n) is 3.90. The minimum absolute atomic E-state index is 0.155. The highest BCUT2D eigenvalue weighted by Gasteiger charge is 2.33. The summed E-state index contributed by atoms with van der Waals surface area (Å²) in [4.78, 5) is 0. The second-order valence-electron chi connectivity index (χ2n) is 5.14. The van der Waals surface area contributed by atoms with E-state index in [1.165, 1.54) is 12.1 Å². The number of nitrogens with two attached hydrogens (primary N) is 1. The molecule has 4 heteroatoms. The second kappa shape index (κ2) is 5.01. The lowest BCUT2D eigenvalue weighted by molar-refractivity contribution is 0.251. The summed E-state index contributed by atoms with van der Waals surface area (Å²) in [5.74, 6) is 0.451. The molecular weight excluding hydrogens is 255 g/mol. The van der Waals surface area contributed by atoms with Gasteiger partial charge < -0.3 is 10.5 Å². The monoisotopic (exact) mass is 270 g/mol. The van der Waals surface area contributed by atoms with Crippen LogP contribution in [0.2, 0.25) is 0 Å². The van der Waals surface area contributed by atoms with Crippen LogP contribution in [0.5, 0.6) is 0 Å². The molecule has 1 aliphatic heterocycles. The first-order valence-corrected chi connectivity index (χ1v) is 6.75. The average Bonchev–Trinajstić information content (AvgIpc) is 2.45. The average molecular weight is 270 g/mol. The smallest absolute Gasteiger partial charge is 0.205 e. The van der Waals surface area contributed by atoms with Gasteiger partial charge in [-0.25, -0.2) is 4.39 Å². The van der Waals surface area contributed by atoms with Gasteiger partial charge in [-0.2, -0.15) is 5.26 Å². The van der Waals surface area contributed by atoms with Crippen LogP contribution in [0, 0.1) is 17.1 Å². The Hall–Kier alpha value is -2.28. The van der Waals surface area contributed by atoms with E-state index in [9.17, 15) is 9.65 Å². The maximum absolute atomic E-state index is 13.5. The maximum atomic E-state index is 13.5. The molecule has 1 atom stereocenters. The fourth-order valence-electron chi connectivity index (χ4n) is 3.00. The van der Waals surface area contributed by atoms with E-state index >= 15 is 0 Å². The van der Waals surface area contributed by atoms with Crippen LogP contribution in [0.4, 0.5) is 4.39 Å². The van der Waals surface area contributed by atoms with Crippen molar-refractivity contribution in [2.45, 2.75) is 31.6 Å². The Kier molecular flexibility index (Phi) is 3.19. The lowest BCUT2D eigenvalue weighted by atomic mass is 9.78. The molecule has 2 aliphatic rings. The summed E-state index contributed by atoms with van der Waals surface area (Å²) in [6.07, 6.45) is 3.83. The van der Waals surface area contributed by atoms with Crippen molar-refractivity contribution in [3.05, 3.63) is 58.4 Å². The number of nitriles is 1. The molecule has 0 radical (unpaired) electrons. The highest BCUT2D eigenvalue weighted by atomic mass is 19.1. The van der Waals surface area contributed by atoms with E-state index in [0.717, 1.165) is 42.6 Å². The molecule has 1 aliphatic carbocycles. The van der Waals surface area contributed by atoms with E-state index in [1.807, 2.05) is 6.07 Å². The van der Waals surface area contributed by atoms with E-state index in [4.69, 9.17) is 10.5 Å². The van der Waals surface area contributed by atoms with Crippen LogP contribution in [-0.4, -0.2) is 0 Å². The number of hydrogen-bond acceptors (Lipinski definition) is 3. The van der Waals surface area contributed by atoms with Crippen LogP contribution < -0.4 is 5.73 Å². The Morgan fingerprint density at radius 3 is 2.85 bits per heavy atom. The normalized spacial score (nSPS) is 22.1. The standard InChI is InChI=1S/C16H15FN2O/c17-11-5-3-4-10(8-11)15-12-6-1-2-7-14(12)20-16(19)13(15)9-18/h3-5,8,15H,1-2,6-7,19H2/t15-/m0/s1. The van der Waals surface area contributed by atoms with Crippen molar-refractivity contribution < 1.29 is 9.13 Å². The zero-order chi connectivity index (χ0) is 14.1. The van der Waals surface area contributed by atoms with E-state index in [2.05, 4.69) is 6.07 Å². The lowest BCUT2D eigenvalue weighted by Crippen LogP contribution is -2.22. The number of benzene rings is 1. The van der Waals surface area contributed by atoms with Crippen LogP contribution in [0.1, 0.15) is 37.2 Å².